The van der Waals surface area contributed by atoms with Crippen molar-refractivity contribution in [2.75, 3.05) is 20.2 Å². The number of rotatable bonds is 3. The minimum atomic E-state index is -4.56. The van der Waals surface area contributed by atoms with Gasteiger partial charge in [-0.2, -0.15) is 13.1 Å². The molecule has 1 aliphatic rings. The molecule has 1 aliphatic heterocycles. The third-order valence-electron chi connectivity index (χ3n) is 2.27. The van der Waals surface area contributed by atoms with Gasteiger partial charge in [0.2, 0.25) is 0 Å². The van der Waals surface area contributed by atoms with Crippen molar-refractivity contribution in [3.63, 3.8) is 0 Å². The first kappa shape index (κ1) is 12.3. The molecule has 0 aromatic rings. The molecule has 0 bridgehead atoms. The van der Waals surface area contributed by atoms with E-state index in [0.717, 1.165) is 0 Å². The third-order valence-corrected chi connectivity index (χ3v) is 3.77. The number of esters is 1. The molecule has 1 rings (SSSR count). The lowest BCUT2D eigenvalue weighted by Gasteiger charge is -2.14. The van der Waals surface area contributed by atoms with E-state index in [9.17, 15) is 22.0 Å². The number of hydrogen-bond acceptors (Lipinski definition) is 4. The van der Waals surface area contributed by atoms with Gasteiger partial charge in [0.15, 0.2) is 0 Å². The molecule has 1 heterocycles. The van der Waals surface area contributed by atoms with Gasteiger partial charge in [0.1, 0.15) is 0 Å². The van der Waals surface area contributed by atoms with Crippen molar-refractivity contribution in [2.45, 2.75) is 12.2 Å². The van der Waals surface area contributed by atoms with Crippen molar-refractivity contribution in [2.24, 2.45) is 5.92 Å². The van der Waals surface area contributed by atoms with Crippen molar-refractivity contribution in [3.8, 4) is 0 Å². The van der Waals surface area contributed by atoms with Crippen molar-refractivity contribution < 1.29 is 26.7 Å². The summed E-state index contributed by atoms with van der Waals surface area (Å²) in [7, 11) is -3.39. The summed E-state index contributed by atoms with van der Waals surface area (Å²) in [6.45, 7) is -0.286. The Morgan fingerprint density at radius 1 is 1.53 bits per heavy atom. The second-order valence-corrected chi connectivity index (χ2v) is 5.08. The van der Waals surface area contributed by atoms with Crippen LogP contribution in [0.15, 0.2) is 0 Å². The molecule has 1 saturated heterocycles. The van der Waals surface area contributed by atoms with Crippen molar-refractivity contribution in [1.29, 1.82) is 0 Å². The maximum absolute atomic E-state index is 12.1. The monoisotopic (exact) mass is 243 g/mol. The van der Waals surface area contributed by atoms with Crippen LogP contribution < -0.4 is 0 Å². The predicted octanol–water partition coefficient (Wildman–Crippen LogP) is 0.0337. The predicted molar refractivity (Wildman–Crippen MR) is 46.6 cm³/mol. The van der Waals surface area contributed by atoms with Gasteiger partial charge >= 0.3 is 11.7 Å². The Morgan fingerprint density at radius 2 is 2.13 bits per heavy atom. The molecule has 0 aliphatic carbocycles. The Hall–Kier alpha value is -0.760. The van der Waals surface area contributed by atoms with Gasteiger partial charge in [-0.3, -0.25) is 4.79 Å². The van der Waals surface area contributed by atoms with E-state index >= 15 is 0 Å². The Morgan fingerprint density at radius 3 is 2.60 bits per heavy atom. The van der Waals surface area contributed by atoms with Gasteiger partial charge in [0.25, 0.3) is 10.0 Å². The standard InChI is InChI=1S/C7H11F2NO4S/c1-14-6(11)5-2-3-10(4-5)15(12,13)7(8)9/h5,7H,2-4H2,1H3. The molecule has 1 fully saturated rings. The maximum Gasteiger partial charge on any atom is 0.350 e. The van der Waals surface area contributed by atoms with Gasteiger partial charge < -0.3 is 4.74 Å². The fourth-order valence-corrected chi connectivity index (χ4v) is 2.40. The number of methoxy groups -OCH3 is 1. The van der Waals surface area contributed by atoms with Gasteiger partial charge in [-0.1, -0.05) is 0 Å². The van der Waals surface area contributed by atoms with E-state index in [0.29, 0.717) is 4.31 Å². The molecule has 0 spiro atoms. The fourth-order valence-electron chi connectivity index (χ4n) is 1.43. The van der Waals surface area contributed by atoms with Crippen LogP contribution in [0.2, 0.25) is 0 Å². The first-order valence-electron chi connectivity index (χ1n) is 4.24. The number of halogens is 2. The van der Waals surface area contributed by atoms with Gasteiger partial charge in [-0.25, -0.2) is 8.42 Å². The van der Waals surface area contributed by atoms with Crippen LogP contribution in [-0.2, 0) is 19.6 Å². The summed E-state index contributed by atoms with van der Waals surface area (Å²) in [5.41, 5.74) is 0. The smallest absolute Gasteiger partial charge is 0.350 e. The lowest BCUT2D eigenvalue weighted by atomic mass is 10.1. The summed E-state index contributed by atoms with van der Waals surface area (Å²) in [4.78, 5) is 11.0. The third kappa shape index (κ3) is 2.43. The maximum atomic E-state index is 12.1. The molecular formula is C7H11F2NO4S. The highest BCUT2D eigenvalue weighted by Gasteiger charge is 2.39. The molecule has 15 heavy (non-hydrogen) atoms. The second-order valence-electron chi connectivity index (χ2n) is 3.17. The molecule has 88 valence electrons. The minimum absolute atomic E-state index is 0.0631. The van der Waals surface area contributed by atoms with Crippen molar-refractivity contribution >= 4 is 16.0 Å². The van der Waals surface area contributed by atoms with Crippen LogP contribution in [-0.4, -0.2) is 44.6 Å². The molecule has 1 unspecified atom stereocenters. The number of nitrogens with zero attached hydrogens (tertiary/aromatic N) is 1. The van der Waals surface area contributed by atoms with Crippen LogP contribution in [0.25, 0.3) is 0 Å². The molecule has 0 radical (unpaired) electrons. The van der Waals surface area contributed by atoms with Crippen LogP contribution in [0, 0.1) is 5.92 Å². The highest BCUT2D eigenvalue weighted by Crippen LogP contribution is 2.23. The van der Waals surface area contributed by atoms with Crippen LogP contribution in [0.3, 0.4) is 0 Å². The number of carbonyl (C=O) groups is 1. The summed E-state index contributed by atoms with van der Waals surface area (Å²) in [5, 5.41) is 0. The van der Waals surface area contributed by atoms with Crippen LogP contribution in [0.4, 0.5) is 8.78 Å². The van der Waals surface area contributed by atoms with Crippen LogP contribution in [0.1, 0.15) is 6.42 Å². The molecule has 0 saturated carbocycles. The highest BCUT2D eigenvalue weighted by molar-refractivity contribution is 7.89. The normalized spacial score (nSPS) is 23.3. The number of alkyl halides is 2. The van der Waals surface area contributed by atoms with Gasteiger partial charge in [0.05, 0.1) is 13.0 Å². The first-order valence-corrected chi connectivity index (χ1v) is 5.75. The van der Waals surface area contributed by atoms with E-state index in [2.05, 4.69) is 4.74 Å². The molecule has 0 N–H and O–H groups in total. The fraction of sp³-hybridized carbons (Fsp3) is 0.857. The topological polar surface area (TPSA) is 63.7 Å². The first-order chi connectivity index (χ1) is 6.89. The molecule has 1 atom stereocenters. The molecular weight excluding hydrogens is 232 g/mol. The minimum Gasteiger partial charge on any atom is -0.469 e. The summed E-state index contributed by atoms with van der Waals surface area (Å²) >= 11 is 0. The average molecular weight is 243 g/mol. The number of carbonyl (C=O) groups excluding carboxylic acids is 1. The van der Waals surface area contributed by atoms with Gasteiger partial charge in [-0.15, -0.1) is 0 Å². The Bertz CT molecular complexity index is 343. The zero-order chi connectivity index (χ0) is 11.6. The lowest BCUT2D eigenvalue weighted by Crippen LogP contribution is -2.34. The SMILES string of the molecule is COC(=O)C1CCN(S(=O)(=O)C(F)F)C1. The lowest BCUT2D eigenvalue weighted by molar-refractivity contribution is -0.144. The molecule has 0 aromatic heterocycles. The zero-order valence-electron chi connectivity index (χ0n) is 8.02. The van der Waals surface area contributed by atoms with Gasteiger partial charge in [-0.05, 0) is 6.42 Å². The largest absolute Gasteiger partial charge is 0.469 e. The average Bonchev–Trinajstić information content (AvgIpc) is 2.65. The summed E-state index contributed by atoms with van der Waals surface area (Å²) in [6, 6.07) is 0. The summed E-state index contributed by atoms with van der Waals surface area (Å²) in [6.07, 6.45) is 0.221. The van der Waals surface area contributed by atoms with E-state index in [-0.39, 0.29) is 19.5 Å². The molecule has 0 amide bonds. The van der Waals surface area contributed by atoms with Crippen LogP contribution >= 0.6 is 0 Å². The Labute approximate surface area is 86.0 Å². The Kier molecular flexibility index (Phi) is 3.61. The summed E-state index contributed by atoms with van der Waals surface area (Å²) < 4.78 is 51.3. The molecule has 5 nitrogen and oxygen atoms in total. The van der Waals surface area contributed by atoms with Crippen LogP contribution in [0.5, 0.6) is 0 Å². The molecule has 0 aromatic carbocycles. The van der Waals surface area contributed by atoms with E-state index in [4.69, 9.17) is 0 Å². The quantitative estimate of drug-likeness (QED) is 0.656. The van der Waals surface area contributed by atoms with E-state index < -0.39 is 27.7 Å². The van der Waals surface area contributed by atoms with E-state index in [1.54, 1.807) is 0 Å². The number of hydrogen-bond donors (Lipinski definition) is 0. The zero-order valence-corrected chi connectivity index (χ0v) is 8.84. The summed E-state index contributed by atoms with van der Waals surface area (Å²) in [5.74, 6) is -4.64. The van der Waals surface area contributed by atoms with Crippen molar-refractivity contribution in [1.82, 2.24) is 4.31 Å². The van der Waals surface area contributed by atoms with E-state index in [1.165, 1.54) is 7.11 Å². The number of ether oxygens (including phenoxy) is 1. The van der Waals surface area contributed by atoms with Crippen molar-refractivity contribution in [3.05, 3.63) is 0 Å². The highest BCUT2D eigenvalue weighted by atomic mass is 32.2. The Balaban J connectivity index is 2.69. The van der Waals surface area contributed by atoms with E-state index in [1.807, 2.05) is 0 Å². The number of sulfonamides is 1. The van der Waals surface area contributed by atoms with Gasteiger partial charge in [0, 0.05) is 13.1 Å². The second kappa shape index (κ2) is 4.40. The molecule has 8 heteroatoms.